The van der Waals surface area contributed by atoms with Crippen LogP contribution in [0.5, 0.6) is 0 Å². The first-order chi connectivity index (χ1) is 35.1. The molecule has 0 spiro atoms. The Hall–Kier alpha value is -1.14. The van der Waals surface area contributed by atoms with Gasteiger partial charge in [0.1, 0.15) is 91.6 Å². The molecule has 4 aliphatic heterocycles. The summed E-state index contributed by atoms with van der Waals surface area (Å²) >= 11 is 0. The summed E-state index contributed by atoms with van der Waals surface area (Å²) in [5.74, 6) is -0.354. The molecular weight excluding hydrogens is 989 g/mol. The van der Waals surface area contributed by atoms with Crippen LogP contribution in [0.2, 0.25) is 0 Å². The van der Waals surface area contributed by atoms with E-state index in [0.29, 0.717) is 38.5 Å². The molecule has 4 saturated carbocycles. The number of hydrogen-bond acceptors (Lipinski definition) is 22. The zero-order chi connectivity index (χ0) is 55.1. The molecule has 4 heterocycles. The van der Waals surface area contributed by atoms with E-state index >= 15 is 0 Å². The number of allylic oxidation sites excluding steroid dienone is 2. The second-order valence-corrected chi connectivity index (χ2v) is 25.3. The molecule has 434 valence electrons. The molecule has 8 aliphatic rings. The number of rotatable bonds is 15. The van der Waals surface area contributed by atoms with Crippen molar-refractivity contribution in [3.8, 4) is 0 Å². The third kappa shape index (κ3) is 10.6. The van der Waals surface area contributed by atoms with Crippen molar-refractivity contribution in [2.24, 2.45) is 45.3 Å². The van der Waals surface area contributed by atoms with Crippen molar-refractivity contribution in [1.29, 1.82) is 0 Å². The van der Waals surface area contributed by atoms with Crippen molar-refractivity contribution in [3.63, 3.8) is 0 Å². The van der Waals surface area contributed by atoms with E-state index in [1.165, 1.54) is 0 Å². The maximum absolute atomic E-state index is 12.8. The lowest BCUT2D eigenvalue weighted by Crippen LogP contribution is -2.68. The minimum absolute atomic E-state index is 0.0185. The standard InChI is InChI=1S/C53H90O22/c1-23(2)10-9-14-53(8,75-47-43(67)39(63)36(60)28(20-55)71-47)24-11-16-52(7)33(24)25(56)18-31-50(5)15-13-32(49(3,4)30(50)12-17-51(31,52)6)73-48-44(74-46-42(66)38(62)35(59)27(19-54)70-46)40(64)37(61)29(72-48)22-69-45-41(65)34(58)26(57)21-68-45/h10,24-48,54-67H,9,11-22H2,1-8H3/t24-,25+,26+,27+,28+,29+,30-,31+,32-,33-,34-,35+,36+,37+,38-,39-,40-,41+,42+,43+,44+,45-,46-,47-,48-,50-,51+,52+,53-/m0/s1. The lowest BCUT2D eigenvalue weighted by Gasteiger charge is -2.71. The molecule has 75 heavy (non-hydrogen) atoms. The van der Waals surface area contributed by atoms with Crippen LogP contribution in [0.3, 0.4) is 0 Å². The highest BCUT2D eigenvalue weighted by molar-refractivity contribution is 5.20. The molecule has 29 atom stereocenters. The molecule has 0 radical (unpaired) electrons. The summed E-state index contributed by atoms with van der Waals surface area (Å²) in [6, 6.07) is 0. The summed E-state index contributed by atoms with van der Waals surface area (Å²) < 4.78 is 49.0. The summed E-state index contributed by atoms with van der Waals surface area (Å²) in [4.78, 5) is 0. The molecule has 8 fully saturated rings. The van der Waals surface area contributed by atoms with Gasteiger partial charge in [0, 0.05) is 0 Å². The monoisotopic (exact) mass is 1080 g/mol. The Bertz CT molecular complexity index is 1940. The maximum atomic E-state index is 12.8. The lowest BCUT2D eigenvalue weighted by molar-refractivity contribution is -0.382. The minimum Gasteiger partial charge on any atom is -0.394 e. The van der Waals surface area contributed by atoms with Crippen LogP contribution in [0, 0.1) is 45.3 Å². The first-order valence-electron chi connectivity index (χ1n) is 27.3. The third-order valence-corrected chi connectivity index (χ3v) is 20.5. The van der Waals surface area contributed by atoms with E-state index < -0.39 is 160 Å². The van der Waals surface area contributed by atoms with Gasteiger partial charge in [0.05, 0.1) is 44.2 Å². The lowest BCUT2D eigenvalue weighted by atomic mass is 9.35. The number of aliphatic hydroxyl groups is 14. The van der Waals surface area contributed by atoms with Crippen LogP contribution >= 0.6 is 0 Å². The van der Waals surface area contributed by atoms with Crippen molar-refractivity contribution in [3.05, 3.63) is 11.6 Å². The molecule has 14 N–H and O–H groups in total. The quantitative estimate of drug-likeness (QED) is 0.0651. The highest BCUT2D eigenvalue weighted by Crippen LogP contribution is 2.76. The van der Waals surface area contributed by atoms with E-state index in [9.17, 15) is 71.5 Å². The second-order valence-electron chi connectivity index (χ2n) is 25.3. The van der Waals surface area contributed by atoms with Crippen LogP contribution in [0.1, 0.15) is 113 Å². The largest absolute Gasteiger partial charge is 0.394 e. The second kappa shape index (κ2) is 22.7. The highest BCUT2D eigenvalue weighted by atomic mass is 16.8. The molecule has 0 unspecified atom stereocenters. The molecule has 0 bridgehead atoms. The first kappa shape index (κ1) is 60.0. The Morgan fingerprint density at radius 3 is 1.79 bits per heavy atom. The SMILES string of the molecule is CC(C)=CCC[C@](C)(O[C@@H]1O[C@H](CO)[C@@H](O)[C@H](O)[C@H]1O)[C@H]1CC[C@]2(C)[C@@H]1[C@H](O)C[C@@H]1[C@@]3(C)CC[C@H](O[C@@H]4O[C@H](CO[C@@H]5OC[C@@H](O)[C@H](O)[C@H]5O)[C@@H](O)[C@H](O)[C@H]4O[C@@H]4O[C@H](CO)[C@@H](O)[C@H](O)[C@H]4O)C(C)(C)[C@@H]3CC[C@]12C. The van der Waals surface area contributed by atoms with Gasteiger partial charge in [0.2, 0.25) is 0 Å². The number of hydrogen-bond donors (Lipinski definition) is 14. The Morgan fingerprint density at radius 2 is 1.16 bits per heavy atom. The molecule has 0 aromatic heterocycles. The minimum atomic E-state index is -1.86. The predicted molar refractivity (Wildman–Crippen MR) is 260 cm³/mol. The Balaban J connectivity index is 1.04. The Kier molecular flexibility index (Phi) is 18.1. The highest BCUT2D eigenvalue weighted by Gasteiger charge is 2.72. The normalized spacial score (nSPS) is 52.7. The summed E-state index contributed by atoms with van der Waals surface area (Å²) in [6.07, 6.45) is -23.0. The zero-order valence-corrected chi connectivity index (χ0v) is 44.7. The van der Waals surface area contributed by atoms with Gasteiger partial charge in [-0.05, 0) is 124 Å². The fraction of sp³-hybridized carbons (Fsp3) is 0.962. The van der Waals surface area contributed by atoms with E-state index in [1.54, 1.807) is 0 Å². The molecule has 0 aromatic carbocycles. The predicted octanol–water partition coefficient (Wildman–Crippen LogP) is -1.56. The molecule has 0 amide bonds. The first-order valence-corrected chi connectivity index (χ1v) is 27.3. The molecular formula is C53H90O22. The van der Waals surface area contributed by atoms with E-state index in [1.807, 2.05) is 20.8 Å². The fourth-order valence-corrected chi connectivity index (χ4v) is 16.0. The smallest absolute Gasteiger partial charge is 0.187 e. The van der Waals surface area contributed by atoms with Crippen LogP contribution < -0.4 is 0 Å². The van der Waals surface area contributed by atoms with Crippen molar-refractivity contribution in [2.75, 3.05) is 26.4 Å². The van der Waals surface area contributed by atoms with E-state index in [0.717, 1.165) is 24.8 Å². The van der Waals surface area contributed by atoms with Crippen molar-refractivity contribution < 1.29 is 109 Å². The molecule has 4 aliphatic carbocycles. The zero-order valence-electron chi connectivity index (χ0n) is 44.7. The number of ether oxygens (including phenoxy) is 8. The van der Waals surface area contributed by atoms with Gasteiger partial charge in [0.15, 0.2) is 25.2 Å². The summed E-state index contributed by atoms with van der Waals surface area (Å²) in [7, 11) is 0. The van der Waals surface area contributed by atoms with Crippen molar-refractivity contribution in [2.45, 2.75) is 248 Å². The van der Waals surface area contributed by atoms with Crippen molar-refractivity contribution >= 4 is 0 Å². The van der Waals surface area contributed by atoms with E-state index in [-0.39, 0.29) is 46.5 Å². The Morgan fingerprint density at radius 1 is 0.587 bits per heavy atom. The molecule has 0 aromatic rings. The van der Waals surface area contributed by atoms with Crippen LogP contribution in [-0.2, 0) is 37.9 Å². The molecule has 8 rings (SSSR count). The van der Waals surface area contributed by atoms with Crippen LogP contribution in [0.15, 0.2) is 11.6 Å². The van der Waals surface area contributed by atoms with Gasteiger partial charge in [-0.2, -0.15) is 0 Å². The van der Waals surface area contributed by atoms with Gasteiger partial charge >= 0.3 is 0 Å². The summed E-state index contributed by atoms with van der Waals surface area (Å²) in [6.45, 7) is 15.1. The van der Waals surface area contributed by atoms with Gasteiger partial charge in [0.25, 0.3) is 0 Å². The Labute approximate surface area is 439 Å². The van der Waals surface area contributed by atoms with Crippen LogP contribution in [0.4, 0.5) is 0 Å². The van der Waals surface area contributed by atoms with Crippen LogP contribution in [0.25, 0.3) is 0 Å². The topological polar surface area (TPSA) is 357 Å². The molecule has 4 saturated heterocycles. The van der Waals surface area contributed by atoms with Gasteiger partial charge in [-0.1, -0.05) is 46.3 Å². The van der Waals surface area contributed by atoms with Gasteiger partial charge in [-0.3, -0.25) is 0 Å². The summed E-state index contributed by atoms with van der Waals surface area (Å²) in [5.41, 5.74) is -1.43. The van der Waals surface area contributed by atoms with Gasteiger partial charge in [-0.15, -0.1) is 0 Å². The molecule has 22 heteroatoms. The maximum Gasteiger partial charge on any atom is 0.187 e. The van der Waals surface area contributed by atoms with Crippen molar-refractivity contribution in [1.82, 2.24) is 0 Å². The number of aliphatic hydroxyl groups excluding tert-OH is 14. The van der Waals surface area contributed by atoms with E-state index in [4.69, 9.17) is 37.9 Å². The third-order valence-electron chi connectivity index (χ3n) is 20.5. The average Bonchev–Trinajstić information content (AvgIpc) is 3.75. The van der Waals surface area contributed by atoms with Gasteiger partial charge < -0.3 is 109 Å². The van der Waals surface area contributed by atoms with Crippen LogP contribution in [-0.4, -0.2) is 232 Å². The fourth-order valence-electron chi connectivity index (χ4n) is 16.0. The summed E-state index contributed by atoms with van der Waals surface area (Å²) in [5, 5.41) is 152. The average molecular weight is 1080 g/mol. The van der Waals surface area contributed by atoms with E-state index in [2.05, 4.69) is 40.7 Å². The van der Waals surface area contributed by atoms with Gasteiger partial charge in [-0.25, -0.2) is 0 Å². The number of fused-ring (bicyclic) bond motifs is 5. The molecule has 22 nitrogen and oxygen atoms in total.